The number of non-ortho nitro benzene ring substituents is 1. The van der Waals surface area contributed by atoms with E-state index in [-0.39, 0.29) is 18.9 Å². The molecule has 0 heterocycles. The lowest BCUT2D eigenvalue weighted by atomic mass is 9.93. The maximum atomic E-state index is 10.7. The van der Waals surface area contributed by atoms with E-state index in [2.05, 4.69) is 17.3 Å². The van der Waals surface area contributed by atoms with Gasteiger partial charge in [-0.05, 0) is 60.9 Å². The van der Waals surface area contributed by atoms with Gasteiger partial charge < -0.3 is 15.7 Å². The van der Waals surface area contributed by atoms with Crippen LogP contribution in [0, 0.1) is 10.1 Å². The largest absolute Gasteiger partial charge is 0.394 e. The molecule has 0 unspecified atom stereocenters. The fraction of sp³-hybridized carbons (Fsp3) is 0.381. The minimum atomic E-state index is -0.452. The monoisotopic (exact) mass is 383 g/mol. The average molecular weight is 383 g/mol. The number of aliphatic hydroxyl groups excluding tert-OH is 1. The SMILES string of the molecule is CC(=NOCc1ccc([N+](=O)[O-])cc1)c1ccc([C@@H]2CC[C@](N)(CO)C2)cc1. The molecule has 28 heavy (non-hydrogen) atoms. The Balaban J connectivity index is 1.56. The highest BCUT2D eigenvalue weighted by Crippen LogP contribution is 2.39. The van der Waals surface area contributed by atoms with Crippen molar-refractivity contribution in [3.8, 4) is 0 Å². The topological polar surface area (TPSA) is 111 Å². The van der Waals surface area contributed by atoms with E-state index in [1.165, 1.54) is 17.7 Å². The van der Waals surface area contributed by atoms with Gasteiger partial charge in [0.15, 0.2) is 0 Å². The number of rotatable bonds is 7. The molecule has 1 aliphatic carbocycles. The van der Waals surface area contributed by atoms with E-state index in [4.69, 9.17) is 10.6 Å². The molecule has 0 aromatic heterocycles. The van der Waals surface area contributed by atoms with Crippen molar-refractivity contribution in [2.24, 2.45) is 10.9 Å². The lowest BCUT2D eigenvalue weighted by Gasteiger charge is -2.20. The van der Waals surface area contributed by atoms with Gasteiger partial charge in [0.25, 0.3) is 5.69 Å². The second-order valence-corrected chi connectivity index (χ2v) is 7.46. The van der Waals surface area contributed by atoms with Gasteiger partial charge in [0.2, 0.25) is 0 Å². The molecule has 0 aliphatic heterocycles. The molecular weight excluding hydrogens is 358 g/mol. The van der Waals surface area contributed by atoms with Crippen molar-refractivity contribution >= 4 is 11.4 Å². The maximum Gasteiger partial charge on any atom is 0.269 e. The van der Waals surface area contributed by atoms with Crippen LogP contribution >= 0.6 is 0 Å². The van der Waals surface area contributed by atoms with E-state index in [1.807, 2.05) is 19.1 Å². The predicted molar refractivity (Wildman–Crippen MR) is 107 cm³/mol. The zero-order valence-corrected chi connectivity index (χ0v) is 15.9. The van der Waals surface area contributed by atoms with Crippen LogP contribution in [0.2, 0.25) is 0 Å². The Morgan fingerprint density at radius 3 is 2.54 bits per heavy atom. The second kappa shape index (κ2) is 8.50. The van der Waals surface area contributed by atoms with Gasteiger partial charge in [0, 0.05) is 17.7 Å². The van der Waals surface area contributed by atoms with Crippen molar-refractivity contribution in [2.45, 2.75) is 44.2 Å². The van der Waals surface area contributed by atoms with E-state index in [1.54, 1.807) is 12.1 Å². The summed E-state index contributed by atoms with van der Waals surface area (Å²) < 4.78 is 0. The van der Waals surface area contributed by atoms with Gasteiger partial charge in [0.05, 0.1) is 17.2 Å². The molecule has 1 fully saturated rings. The third-order valence-corrected chi connectivity index (χ3v) is 5.34. The van der Waals surface area contributed by atoms with Crippen LogP contribution in [0.5, 0.6) is 0 Å². The van der Waals surface area contributed by atoms with Crippen LogP contribution in [0.15, 0.2) is 53.7 Å². The van der Waals surface area contributed by atoms with Crippen LogP contribution in [-0.4, -0.2) is 27.9 Å². The number of benzene rings is 2. The maximum absolute atomic E-state index is 10.7. The van der Waals surface area contributed by atoms with E-state index < -0.39 is 10.5 Å². The molecule has 2 aromatic carbocycles. The Kier molecular flexibility index (Phi) is 6.06. The molecule has 0 spiro atoms. The van der Waals surface area contributed by atoms with E-state index in [0.29, 0.717) is 5.92 Å². The van der Waals surface area contributed by atoms with Crippen molar-refractivity contribution in [1.29, 1.82) is 0 Å². The minimum absolute atomic E-state index is 0.0272. The van der Waals surface area contributed by atoms with Gasteiger partial charge in [-0.25, -0.2) is 0 Å². The summed E-state index contributed by atoms with van der Waals surface area (Å²) in [5.41, 5.74) is 9.53. The number of oxime groups is 1. The zero-order valence-electron chi connectivity index (χ0n) is 15.9. The quantitative estimate of drug-likeness (QED) is 0.432. The molecule has 0 saturated heterocycles. The van der Waals surface area contributed by atoms with Crippen LogP contribution in [0.25, 0.3) is 0 Å². The second-order valence-electron chi connectivity index (χ2n) is 7.46. The molecule has 1 aliphatic rings. The van der Waals surface area contributed by atoms with Crippen molar-refractivity contribution in [3.63, 3.8) is 0 Å². The first-order valence-electron chi connectivity index (χ1n) is 9.30. The first-order chi connectivity index (χ1) is 13.4. The molecule has 3 N–H and O–H groups in total. The average Bonchev–Trinajstić information content (AvgIpc) is 3.11. The lowest BCUT2D eigenvalue weighted by molar-refractivity contribution is -0.384. The molecule has 2 aromatic rings. The summed E-state index contributed by atoms with van der Waals surface area (Å²) in [5.74, 6) is 0.377. The summed E-state index contributed by atoms with van der Waals surface area (Å²) in [4.78, 5) is 15.6. The Morgan fingerprint density at radius 1 is 1.29 bits per heavy atom. The number of hydrogen-bond acceptors (Lipinski definition) is 6. The summed E-state index contributed by atoms with van der Waals surface area (Å²) in [6, 6.07) is 14.4. The van der Waals surface area contributed by atoms with Crippen LogP contribution in [0.1, 0.15) is 48.8 Å². The van der Waals surface area contributed by atoms with E-state index in [9.17, 15) is 15.2 Å². The van der Waals surface area contributed by atoms with Crippen LogP contribution in [0.4, 0.5) is 5.69 Å². The molecule has 0 radical (unpaired) electrons. The van der Waals surface area contributed by atoms with E-state index >= 15 is 0 Å². The van der Waals surface area contributed by atoms with E-state index in [0.717, 1.165) is 36.1 Å². The number of nitrogens with zero attached hydrogens (tertiary/aromatic N) is 2. The summed E-state index contributed by atoms with van der Waals surface area (Å²) in [5, 5.41) is 24.2. The lowest BCUT2D eigenvalue weighted by Crippen LogP contribution is -2.40. The highest BCUT2D eigenvalue weighted by atomic mass is 16.6. The Bertz CT molecular complexity index is 849. The van der Waals surface area contributed by atoms with Gasteiger partial charge in [-0.1, -0.05) is 29.4 Å². The highest BCUT2D eigenvalue weighted by molar-refractivity contribution is 5.98. The Hall–Kier alpha value is -2.77. The predicted octanol–water partition coefficient (Wildman–Crippen LogP) is 3.49. The minimum Gasteiger partial charge on any atom is -0.394 e. The molecule has 3 rings (SSSR count). The molecule has 7 heteroatoms. The third-order valence-electron chi connectivity index (χ3n) is 5.34. The van der Waals surface area contributed by atoms with Crippen LogP contribution in [-0.2, 0) is 11.4 Å². The van der Waals surface area contributed by atoms with Gasteiger partial charge >= 0.3 is 0 Å². The van der Waals surface area contributed by atoms with Crippen molar-refractivity contribution in [3.05, 3.63) is 75.3 Å². The normalized spacial score (nSPS) is 22.2. The number of aliphatic hydroxyl groups is 1. The fourth-order valence-corrected chi connectivity index (χ4v) is 3.55. The molecule has 7 nitrogen and oxygen atoms in total. The number of hydrogen-bond donors (Lipinski definition) is 2. The van der Waals surface area contributed by atoms with Crippen molar-refractivity contribution in [2.75, 3.05) is 6.61 Å². The first-order valence-corrected chi connectivity index (χ1v) is 9.30. The molecule has 0 amide bonds. The zero-order chi connectivity index (χ0) is 20.1. The molecule has 0 bridgehead atoms. The summed E-state index contributed by atoms with van der Waals surface area (Å²) in [7, 11) is 0. The summed E-state index contributed by atoms with van der Waals surface area (Å²) in [6.07, 6.45) is 2.63. The molecule has 1 saturated carbocycles. The Labute approximate surface area is 164 Å². The van der Waals surface area contributed by atoms with Gasteiger partial charge in [-0.3, -0.25) is 10.1 Å². The summed E-state index contributed by atoms with van der Waals surface area (Å²) >= 11 is 0. The van der Waals surface area contributed by atoms with Gasteiger partial charge in [-0.2, -0.15) is 0 Å². The van der Waals surface area contributed by atoms with Crippen molar-refractivity contribution < 1.29 is 14.9 Å². The molecular formula is C21H25N3O4. The Morgan fingerprint density at radius 2 is 1.96 bits per heavy atom. The third kappa shape index (κ3) is 4.74. The summed E-state index contributed by atoms with van der Waals surface area (Å²) in [6.45, 7) is 2.14. The highest BCUT2D eigenvalue weighted by Gasteiger charge is 2.35. The van der Waals surface area contributed by atoms with Crippen LogP contribution < -0.4 is 5.73 Å². The smallest absolute Gasteiger partial charge is 0.269 e. The molecule has 2 atom stereocenters. The molecule has 148 valence electrons. The first kappa shape index (κ1) is 20.0. The number of nitro benzene ring substituents is 1. The van der Waals surface area contributed by atoms with Crippen molar-refractivity contribution in [1.82, 2.24) is 0 Å². The van der Waals surface area contributed by atoms with Crippen LogP contribution in [0.3, 0.4) is 0 Å². The number of nitrogens with two attached hydrogens (primary N) is 1. The fourth-order valence-electron chi connectivity index (χ4n) is 3.55. The van der Waals surface area contributed by atoms with Gasteiger partial charge in [0.1, 0.15) is 6.61 Å². The standard InChI is InChI=1S/C21H25N3O4/c1-15(23-28-13-16-2-8-20(9-3-16)24(26)27)17-4-6-18(7-5-17)19-10-11-21(22,12-19)14-25/h2-9,19,25H,10-14,22H2,1H3/t19-,21-/m1/s1. The number of nitro groups is 1. The van der Waals surface area contributed by atoms with Gasteiger partial charge in [-0.15, -0.1) is 0 Å².